The van der Waals surface area contributed by atoms with Crippen molar-refractivity contribution < 1.29 is 9.53 Å². The summed E-state index contributed by atoms with van der Waals surface area (Å²) in [5.41, 5.74) is 11.0. The lowest BCUT2D eigenvalue weighted by atomic mass is 9.68. The van der Waals surface area contributed by atoms with Gasteiger partial charge in [0.25, 0.3) is 0 Å². The lowest BCUT2D eigenvalue weighted by Gasteiger charge is -2.40. The fourth-order valence-electron chi connectivity index (χ4n) is 4.43. The Hall–Kier alpha value is -2.20. The van der Waals surface area contributed by atoms with E-state index in [1.54, 1.807) is 18.9 Å². The largest absolute Gasteiger partial charge is 0.497 e. The highest BCUT2D eigenvalue weighted by Crippen LogP contribution is 2.48. The first kappa shape index (κ1) is 18.2. The molecule has 0 radical (unpaired) electrons. The highest BCUT2D eigenvalue weighted by atomic mass is 32.2. The highest BCUT2D eigenvalue weighted by molar-refractivity contribution is 8.00. The fraction of sp³-hybridized carbons (Fsp3) is 0.348. The van der Waals surface area contributed by atoms with Crippen molar-refractivity contribution in [2.45, 2.75) is 36.3 Å². The maximum Gasteiger partial charge on any atom is 0.222 e. The zero-order valence-corrected chi connectivity index (χ0v) is 16.6. The second kappa shape index (κ2) is 7.43. The van der Waals surface area contributed by atoms with Crippen LogP contribution in [0.25, 0.3) is 5.57 Å². The van der Waals surface area contributed by atoms with Crippen LogP contribution in [0.3, 0.4) is 0 Å². The molecule has 0 aliphatic heterocycles. The number of allylic oxidation sites excluding steroid dienone is 2. The molecule has 0 heterocycles. The Balaban J connectivity index is 1.65. The summed E-state index contributed by atoms with van der Waals surface area (Å²) in [7, 11) is 1.70. The SMILES string of the molecule is COc1ccc2c(c1)CC[C@@H]1C2=CC[C@H](Sc2ccc(C)cc2)[C@@H]1C(N)=O. The molecule has 4 heteroatoms. The van der Waals surface area contributed by atoms with Crippen molar-refractivity contribution in [3.63, 3.8) is 0 Å². The van der Waals surface area contributed by atoms with Crippen molar-refractivity contribution >= 4 is 23.2 Å². The van der Waals surface area contributed by atoms with Crippen molar-refractivity contribution in [1.82, 2.24) is 0 Å². The topological polar surface area (TPSA) is 52.3 Å². The smallest absolute Gasteiger partial charge is 0.222 e. The summed E-state index contributed by atoms with van der Waals surface area (Å²) in [6, 6.07) is 14.8. The fourth-order valence-corrected chi connectivity index (χ4v) is 5.74. The Morgan fingerprint density at radius 3 is 2.67 bits per heavy atom. The quantitative estimate of drug-likeness (QED) is 0.844. The van der Waals surface area contributed by atoms with Crippen LogP contribution in [0.5, 0.6) is 5.75 Å². The van der Waals surface area contributed by atoms with Gasteiger partial charge in [-0.15, -0.1) is 11.8 Å². The Kier molecular flexibility index (Phi) is 5.00. The van der Waals surface area contributed by atoms with Gasteiger partial charge in [0.15, 0.2) is 0 Å². The molecule has 2 aliphatic rings. The zero-order valence-electron chi connectivity index (χ0n) is 15.8. The molecule has 0 aromatic heterocycles. The highest BCUT2D eigenvalue weighted by Gasteiger charge is 2.41. The molecular weight excluding hydrogens is 354 g/mol. The number of carbonyl (C=O) groups excluding carboxylic acids is 1. The number of ether oxygens (including phenoxy) is 1. The van der Waals surface area contributed by atoms with Crippen molar-refractivity contribution in [3.05, 3.63) is 65.2 Å². The first-order valence-electron chi connectivity index (χ1n) is 9.47. The number of aryl methyl sites for hydroxylation is 2. The van der Waals surface area contributed by atoms with Gasteiger partial charge in [-0.1, -0.05) is 29.8 Å². The molecule has 2 aliphatic carbocycles. The molecule has 140 valence electrons. The maximum atomic E-state index is 12.4. The molecule has 0 unspecified atom stereocenters. The van der Waals surface area contributed by atoms with E-state index in [0.717, 1.165) is 25.0 Å². The number of rotatable bonds is 4. The number of hydrogen-bond donors (Lipinski definition) is 1. The van der Waals surface area contributed by atoms with Crippen molar-refractivity contribution in [1.29, 1.82) is 0 Å². The maximum absolute atomic E-state index is 12.4. The van der Waals surface area contributed by atoms with E-state index in [2.05, 4.69) is 49.4 Å². The van der Waals surface area contributed by atoms with E-state index in [4.69, 9.17) is 10.5 Å². The van der Waals surface area contributed by atoms with Crippen molar-refractivity contribution in [2.75, 3.05) is 7.11 Å². The van der Waals surface area contributed by atoms with Gasteiger partial charge < -0.3 is 10.5 Å². The minimum Gasteiger partial charge on any atom is -0.497 e. The molecule has 0 saturated carbocycles. The lowest BCUT2D eigenvalue weighted by molar-refractivity contribution is -0.123. The van der Waals surface area contributed by atoms with Gasteiger partial charge >= 0.3 is 0 Å². The van der Waals surface area contributed by atoms with Crippen LogP contribution in [-0.2, 0) is 11.2 Å². The summed E-state index contributed by atoms with van der Waals surface area (Å²) in [5.74, 6) is 0.793. The average molecular weight is 380 g/mol. The van der Waals surface area contributed by atoms with Crippen LogP contribution >= 0.6 is 11.8 Å². The van der Waals surface area contributed by atoms with Crippen molar-refractivity contribution in [3.8, 4) is 5.75 Å². The summed E-state index contributed by atoms with van der Waals surface area (Å²) < 4.78 is 5.37. The molecule has 3 nitrogen and oxygen atoms in total. The van der Waals surface area contributed by atoms with Crippen LogP contribution in [0.4, 0.5) is 0 Å². The molecular formula is C23H25NO2S. The minimum atomic E-state index is -0.174. The van der Waals surface area contributed by atoms with Crippen LogP contribution in [0.1, 0.15) is 29.5 Å². The molecule has 2 aromatic rings. The molecule has 0 spiro atoms. The number of fused-ring (bicyclic) bond motifs is 3. The molecule has 0 fully saturated rings. The average Bonchev–Trinajstić information content (AvgIpc) is 2.68. The lowest BCUT2D eigenvalue weighted by Crippen LogP contribution is -2.41. The minimum absolute atomic E-state index is 0.133. The number of benzene rings is 2. The molecule has 0 bridgehead atoms. The number of nitrogens with two attached hydrogens (primary N) is 1. The predicted molar refractivity (Wildman–Crippen MR) is 111 cm³/mol. The van der Waals surface area contributed by atoms with Crippen LogP contribution < -0.4 is 10.5 Å². The van der Waals surface area contributed by atoms with Gasteiger partial charge in [-0.2, -0.15) is 0 Å². The summed E-state index contributed by atoms with van der Waals surface area (Å²) in [6.07, 6.45) is 5.12. The van der Waals surface area contributed by atoms with E-state index in [0.29, 0.717) is 0 Å². The predicted octanol–water partition coefficient (Wildman–Crippen LogP) is 4.62. The normalized spacial score (nSPS) is 23.8. The molecule has 4 rings (SSSR count). The van der Waals surface area contributed by atoms with E-state index < -0.39 is 0 Å². The number of amides is 1. The van der Waals surface area contributed by atoms with Crippen LogP contribution in [0.2, 0.25) is 0 Å². The first-order chi connectivity index (χ1) is 13.1. The van der Waals surface area contributed by atoms with Crippen LogP contribution in [0.15, 0.2) is 53.4 Å². The first-order valence-corrected chi connectivity index (χ1v) is 10.3. The van der Waals surface area contributed by atoms with Gasteiger partial charge in [0, 0.05) is 10.1 Å². The van der Waals surface area contributed by atoms with Crippen LogP contribution in [-0.4, -0.2) is 18.3 Å². The van der Waals surface area contributed by atoms with E-state index in [9.17, 15) is 4.79 Å². The molecule has 1 amide bonds. The number of hydrogen-bond acceptors (Lipinski definition) is 3. The summed E-state index contributed by atoms with van der Waals surface area (Å²) in [5, 5.41) is 0.193. The summed E-state index contributed by atoms with van der Waals surface area (Å²) >= 11 is 1.79. The third-order valence-corrected chi connectivity index (χ3v) is 7.12. The molecule has 3 atom stereocenters. The monoisotopic (exact) mass is 379 g/mol. The Morgan fingerprint density at radius 2 is 1.96 bits per heavy atom. The van der Waals surface area contributed by atoms with Gasteiger partial charge in [-0.25, -0.2) is 0 Å². The van der Waals surface area contributed by atoms with Crippen LogP contribution in [0, 0.1) is 18.8 Å². The van der Waals surface area contributed by atoms with E-state index in [1.165, 1.54) is 27.2 Å². The van der Waals surface area contributed by atoms with E-state index in [1.807, 2.05) is 6.07 Å². The number of primary amides is 1. The Labute approximate surface area is 165 Å². The summed E-state index contributed by atoms with van der Waals surface area (Å²) in [4.78, 5) is 13.6. The molecule has 2 aromatic carbocycles. The Bertz CT molecular complexity index is 888. The number of thioether (sulfide) groups is 1. The molecule has 27 heavy (non-hydrogen) atoms. The second-order valence-electron chi connectivity index (χ2n) is 7.46. The van der Waals surface area contributed by atoms with Crippen molar-refractivity contribution in [2.24, 2.45) is 17.6 Å². The van der Waals surface area contributed by atoms with Gasteiger partial charge in [0.1, 0.15) is 5.75 Å². The summed E-state index contributed by atoms with van der Waals surface area (Å²) in [6.45, 7) is 2.09. The standard InChI is InChI=1S/C23H25NO2S/c1-14-3-7-17(8-4-14)27-21-12-11-19-18-10-6-16(26-2)13-15(18)5-9-20(19)22(21)23(24)25/h3-4,6-8,10-11,13,20-22H,5,9,12H2,1-2H3,(H2,24,25)/t20-,21+,22-/m1/s1. The second-order valence-corrected chi connectivity index (χ2v) is 8.77. The Morgan fingerprint density at radius 1 is 1.19 bits per heavy atom. The number of methoxy groups -OCH3 is 1. The third kappa shape index (κ3) is 3.51. The number of carbonyl (C=O) groups is 1. The third-order valence-electron chi connectivity index (χ3n) is 5.79. The van der Waals surface area contributed by atoms with E-state index >= 15 is 0 Å². The zero-order chi connectivity index (χ0) is 19.0. The van der Waals surface area contributed by atoms with Gasteiger partial charge in [-0.3, -0.25) is 4.79 Å². The van der Waals surface area contributed by atoms with Gasteiger partial charge in [0.05, 0.1) is 13.0 Å². The van der Waals surface area contributed by atoms with Gasteiger partial charge in [0.2, 0.25) is 5.91 Å². The van der Waals surface area contributed by atoms with Gasteiger partial charge in [-0.05, 0) is 73.1 Å². The molecule has 2 N–H and O–H groups in total. The van der Waals surface area contributed by atoms with E-state index in [-0.39, 0.29) is 23.0 Å². The molecule has 0 saturated heterocycles.